The second-order valence-corrected chi connectivity index (χ2v) is 4.33. The Balaban J connectivity index is 2.56. The molecule has 1 aromatic rings. The first-order valence-electron chi connectivity index (χ1n) is 4.72. The van der Waals surface area contributed by atoms with Crippen molar-refractivity contribution in [1.29, 1.82) is 0 Å². The lowest BCUT2D eigenvalue weighted by Gasteiger charge is -2.25. The number of hydrogen-bond donors (Lipinski definition) is 2. The maximum atomic E-state index is 4.58. The number of thiol groups is 1. The van der Waals surface area contributed by atoms with Crippen LogP contribution in [0.15, 0.2) is 12.1 Å². The molecule has 0 aliphatic carbocycles. The first kappa shape index (κ1) is 8.95. The number of hydrogen-bond acceptors (Lipinski definition) is 2. The van der Waals surface area contributed by atoms with Crippen molar-refractivity contribution in [2.24, 2.45) is 0 Å². The van der Waals surface area contributed by atoms with Crippen LogP contribution in [0.3, 0.4) is 0 Å². The molecule has 1 nitrogen and oxygen atoms in total. The number of anilines is 1. The smallest absolute Gasteiger partial charge is 0.0416 e. The van der Waals surface area contributed by atoms with Gasteiger partial charge in [0.05, 0.1) is 0 Å². The van der Waals surface area contributed by atoms with E-state index in [0.717, 1.165) is 13.0 Å². The van der Waals surface area contributed by atoms with Crippen molar-refractivity contribution in [3.63, 3.8) is 0 Å². The molecule has 0 bridgehead atoms. The molecule has 0 radical (unpaired) electrons. The second-order valence-electron chi connectivity index (χ2n) is 3.70. The predicted molar refractivity (Wildman–Crippen MR) is 60.7 cm³/mol. The van der Waals surface area contributed by atoms with Crippen LogP contribution in [0.5, 0.6) is 0 Å². The van der Waals surface area contributed by atoms with Gasteiger partial charge in [0.2, 0.25) is 0 Å². The van der Waals surface area contributed by atoms with Crippen molar-refractivity contribution in [2.45, 2.75) is 25.5 Å². The summed E-state index contributed by atoms with van der Waals surface area (Å²) in [6, 6.07) is 4.38. The van der Waals surface area contributed by atoms with Crippen molar-refractivity contribution in [2.75, 3.05) is 11.9 Å². The van der Waals surface area contributed by atoms with E-state index in [1.807, 2.05) is 0 Å². The molecule has 1 heterocycles. The highest BCUT2D eigenvalue weighted by molar-refractivity contribution is 7.80. The molecule has 0 amide bonds. The average molecular weight is 193 g/mol. The van der Waals surface area contributed by atoms with Crippen LogP contribution in [0, 0.1) is 13.8 Å². The standard InChI is InChI=1S/C11H15NS/c1-7-3-4-9-10(13)5-6-12-11(9)8(7)2/h3-4,10,12-13H,5-6H2,1-2H3. The third kappa shape index (κ3) is 1.44. The zero-order valence-corrected chi connectivity index (χ0v) is 8.99. The van der Waals surface area contributed by atoms with Gasteiger partial charge in [0.15, 0.2) is 0 Å². The van der Waals surface area contributed by atoms with Gasteiger partial charge in [-0.3, -0.25) is 0 Å². The summed E-state index contributed by atoms with van der Waals surface area (Å²) in [6.45, 7) is 5.37. The van der Waals surface area contributed by atoms with E-state index >= 15 is 0 Å². The number of rotatable bonds is 0. The van der Waals surface area contributed by atoms with E-state index in [9.17, 15) is 0 Å². The molecule has 1 aliphatic rings. The van der Waals surface area contributed by atoms with Gasteiger partial charge in [0, 0.05) is 17.5 Å². The van der Waals surface area contributed by atoms with Gasteiger partial charge in [-0.15, -0.1) is 0 Å². The highest BCUT2D eigenvalue weighted by atomic mass is 32.1. The Morgan fingerprint density at radius 1 is 1.38 bits per heavy atom. The fourth-order valence-electron chi connectivity index (χ4n) is 1.84. The van der Waals surface area contributed by atoms with Gasteiger partial charge in [-0.25, -0.2) is 0 Å². The van der Waals surface area contributed by atoms with Crippen molar-refractivity contribution < 1.29 is 0 Å². The Morgan fingerprint density at radius 2 is 2.15 bits per heavy atom. The van der Waals surface area contributed by atoms with Gasteiger partial charge in [-0.2, -0.15) is 12.6 Å². The Morgan fingerprint density at radius 3 is 2.92 bits per heavy atom. The summed E-state index contributed by atoms with van der Waals surface area (Å²) in [6.07, 6.45) is 1.12. The SMILES string of the molecule is Cc1ccc2c(c1C)NCCC2S. The normalized spacial score (nSPS) is 20.7. The van der Waals surface area contributed by atoms with Gasteiger partial charge in [0.1, 0.15) is 0 Å². The lowest BCUT2D eigenvalue weighted by Crippen LogP contribution is -2.15. The molecular formula is C11H15NS. The Bertz CT molecular complexity index is 333. The molecule has 2 rings (SSSR count). The van der Waals surface area contributed by atoms with Gasteiger partial charge in [0.25, 0.3) is 0 Å². The largest absolute Gasteiger partial charge is 0.385 e. The highest BCUT2D eigenvalue weighted by Gasteiger charge is 2.18. The number of fused-ring (bicyclic) bond motifs is 1. The van der Waals surface area contributed by atoms with Crippen molar-refractivity contribution >= 4 is 18.3 Å². The maximum absolute atomic E-state index is 4.58. The first-order valence-corrected chi connectivity index (χ1v) is 5.24. The monoisotopic (exact) mass is 193 g/mol. The van der Waals surface area contributed by atoms with E-state index in [0.29, 0.717) is 5.25 Å². The molecule has 13 heavy (non-hydrogen) atoms. The van der Waals surface area contributed by atoms with Crippen molar-refractivity contribution in [3.8, 4) is 0 Å². The van der Waals surface area contributed by atoms with Crippen molar-refractivity contribution in [1.82, 2.24) is 0 Å². The minimum absolute atomic E-state index is 0.413. The zero-order valence-electron chi connectivity index (χ0n) is 8.09. The zero-order chi connectivity index (χ0) is 9.42. The van der Waals surface area contributed by atoms with E-state index in [-0.39, 0.29) is 0 Å². The molecule has 0 aromatic heterocycles. The summed E-state index contributed by atoms with van der Waals surface area (Å²) in [5, 5.41) is 3.87. The Kier molecular flexibility index (Phi) is 2.24. The van der Waals surface area contributed by atoms with Crippen LogP contribution in [0.2, 0.25) is 0 Å². The summed E-state index contributed by atoms with van der Waals surface area (Å²) in [7, 11) is 0. The summed E-state index contributed by atoms with van der Waals surface area (Å²) in [4.78, 5) is 0. The van der Waals surface area contributed by atoms with E-state index in [2.05, 4.69) is 43.9 Å². The van der Waals surface area contributed by atoms with Crippen LogP contribution in [0.25, 0.3) is 0 Å². The van der Waals surface area contributed by atoms with Crippen LogP contribution in [-0.4, -0.2) is 6.54 Å². The summed E-state index contributed by atoms with van der Waals surface area (Å²) in [5.41, 5.74) is 5.40. The fourth-order valence-corrected chi connectivity index (χ4v) is 2.18. The summed E-state index contributed by atoms with van der Waals surface area (Å²) < 4.78 is 0. The molecule has 1 aliphatic heterocycles. The van der Waals surface area contributed by atoms with Crippen LogP contribution in [0.4, 0.5) is 5.69 Å². The quantitative estimate of drug-likeness (QED) is 0.603. The molecule has 0 saturated carbocycles. The minimum Gasteiger partial charge on any atom is -0.385 e. The van der Waals surface area contributed by atoms with Gasteiger partial charge < -0.3 is 5.32 Å². The van der Waals surface area contributed by atoms with Gasteiger partial charge in [-0.1, -0.05) is 12.1 Å². The van der Waals surface area contributed by atoms with Crippen LogP contribution in [0.1, 0.15) is 28.4 Å². The molecule has 1 atom stereocenters. The second kappa shape index (κ2) is 3.26. The van der Waals surface area contributed by atoms with Crippen LogP contribution in [-0.2, 0) is 0 Å². The molecule has 0 saturated heterocycles. The molecule has 1 aromatic carbocycles. The van der Waals surface area contributed by atoms with Gasteiger partial charge in [-0.05, 0) is 37.0 Å². The molecule has 70 valence electrons. The molecule has 2 heteroatoms. The van der Waals surface area contributed by atoms with Crippen LogP contribution < -0.4 is 5.32 Å². The van der Waals surface area contributed by atoms with Gasteiger partial charge >= 0.3 is 0 Å². The third-order valence-electron chi connectivity index (χ3n) is 2.85. The topological polar surface area (TPSA) is 12.0 Å². The average Bonchev–Trinajstić information content (AvgIpc) is 2.12. The highest BCUT2D eigenvalue weighted by Crippen LogP contribution is 2.36. The lowest BCUT2D eigenvalue weighted by atomic mass is 9.96. The van der Waals surface area contributed by atoms with Crippen LogP contribution >= 0.6 is 12.6 Å². The van der Waals surface area contributed by atoms with Crippen molar-refractivity contribution in [3.05, 3.63) is 28.8 Å². The molecule has 0 spiro atoms. The first-order chi connectivity index (χ1) is 6.20. The van der Waals surface area contributed by atoms with E-state index < -0.39 is 0 Å². The fraction of sp³-hybridized carbons (Fsp3) is 0.455. The number of nitrogens with one attached hydrogen (secondary N) is 1. The minimum atomic E-state index is 0.413. The molecule has 1 unspecified atom stereocenters. The summed E-state index contributed by atoms with van der Waals surface area (Å²) >= 11 is 4.58. The summed E-state index contributed by atoms with van der Waals surface area (Å²) in [5.74, 6) is 0. The predicted octanol–water partition coefficient (Wildman–Crippen LogP) is 3.09. The molecule has 1 N–H and O–H groups in total. The van der Waals surface area contributed by atoms with E-state index in [4.69, 9.17) is 0 Å². The Hall–Kier alpha value is -0.630. The maximum Gasteiger partial charge on any atom is 0.0416 e. The molecule has 0 fully saturated rings. The number of aryl methyl sites for hydroxylation is 1. The number of benzene rings is 1. The molecular weight excluding hydrogens is 178 g/mol. The Labute approximate surface area is 85.0 Å². The van der Waals surface area contributed by atoms with E-state index in [1.165, 1.54) is 22.4 Å². The van der Waals surface area contributed by atoms with E-state index in [1.54, 1.807) is 0 Å². The lowest BCUT2D eigenvalue weighted by molar-refractivity contribution is 0.812. The third-order valence-corrected chi connectivity index (χ3v) is 3.38.